The topological polar surface area (TPSA) is 142 Å². The molecule has 10 nitrogen and oxygen atoms in total. The average molecular weight is 479 g/mol. The van der Waals surface area contributed by atoms with E-state index in [9.17, 15) is 24.3 Å². The first-order valence-electron chi connectivity index (χ1n) is 11.5. The molecule has 2 unspecified atom stereocenters. The van der Waals surface area contributed by atoms with Gasteiger partial charge >= 0.3 is 12.0 Å². The van der Waals surface area contributed by atoms with Gasteiger partial charge in [0.15, 0.2) is 5.54 Å². The predicted octanol–water partition coefficient (Wildman–Crippen LogP) is 1.06. The van der Waals surface area contributed by atoms with Crippen molar-refractivity contribution >= 4 is 23.8 Å². The minimum atomic E-state index is -1.41. The van der Waals surface area contributed by atoms with Crippen LogP contribution in [0, 0.1) is 11.8 Å². The average Bonchev–Trinajstić information content (AvgIpc) is 3.56. The number of rotatable bonds is 7. The van der Waals surface area contributed by atoms with E-state index >= 15 is 0 Å². The van der Waals surface area contributed by atoms with Crippen LogP contribution in [0.3, 0.4) is 0 Å². The summed E-state index contributed by atoms with van der Waals surface area (Å²) in [6.45, 7) is -0.286. The summed E-state index contributed by atoms with van der Waals surface area (Å²) in [4.78, 5) is 52.5. The van der Waals surface area contributed by atoms with E-state index in [2.05, 4.69) is 5.32 Å². The number of aliphatic carboxylic acids is 1. The zero-order valence-electron chi connectivity index (χ0n) is 18.9. The number of imide groups is 1. The van der Waals surface area contributed by atoms with Gasteiger partial charge in [-0.25, -0.2) is 10.6 Å². The van der Waals surface area contributed by atoms with Crippen LogP contribution >= 0.6 is 0 Å². The Hall–Kier alpha value is -3.76. The first-order valence-corrected chi connectivity index (χ1v) is 11.5. The van der Waals surface area contributed by atoms with Crippen molar-refractivity contribution in [1.82, 2.24) is 15.2 Å². The van der Waals surface area contributed by atoms with Crippen molar-refractivity contribution in [1.29, 1.82) is 0 Å². The van der Waals surface area contributed by atoms with E-state index in [4.69, 9.17) is 10.6 Å². The second kappa shape index (κ2) is 8.79. The molecule has 3 fully saturated rings. The standard InChI is InChI=1S/C25H26N4O6/c26-29(21(30)19-17-11-12-18(35-17)20(19)22(31)32)14-13-28-23(33)25(27-24(28)34,15-7-3-1-4-8-15)16-9-5-2-6-10-16/h1-10,17-20H,11-14,26H2,(H,27,34)(H,31,32)/t17-,18+,19?,20?/m0/s1. The minimum absolute atomic E-state index is 0.141. The van der Waals surface area contributed by atoms with Gasteiger partial charge in [-0.3, -0.25) is 24.3 Å². The maximum atomic E-state index is 13.7. The molecule has 3 saturated heterocycles. The van der Waals surface area contributed by atoms with Crippen molar-refractivity contribution < 1.29 is 29.0 Å². The molecular weight excluding hydrogens is 452 g/mol. The molecule has 3 heterocycles. The first-order chi connectivity index (χ1) is 16.8. The van der Waals surface area contributed by atoms with Crippen LogP contribution in [0.25, 0.3) is 0 Å². The summed E-state index contributed by atoms with van der Waals surface area (Å²) in [5, 5.41) is 13.3. The summed E-state index contributed by atoms with van der Waals surface area (Å²) in [6.07, 6.45) is 0.213. The molecule has 0 saturated carbocycles. The van der Waals surface area contributed by atoms with Crippen LogP contribution in [0.15, 0.2) is 60.7 Å². The quantitative estimate of drug-likeness (QED) is 0.234. The molecule has 35 heavy (non-hydrogen) atoms. The molecule has 0 spiro atoms. The zero-order chi connectivity index (χ0) is 24.7. The van der Waals surface area contributed by atoms with E-state index in [0.29, 0.717) is 24.0 Å². The number of carbonyl (C=O) groups is 4. The normalized spacial score (nSPS) is 26.6. The minimum Gasteiger partial charge on any atom is -0.481 e. The number of urea groups is 1. The number of nitrogens with one attached hydrogen (secondary N) is 1. The molecule has 5 rings (SSSR count). The van der Waals surface area contributed by atoms with Crippen molar-refractivity contribution in [2.24, 2.45) is 17.7 Å². The molecule has 4 atom stereocenters. The number of carboxylic acid groups (broad SMARTS) is 1. The number of nitrogens with two attached hydrogens (primary N) is 1. The van der Waals surface area contributed by atoms with Crippen LogP contribution in [0.1, 0.15) is 24.0 Å². The van der Waals surface area contributed by atoms with Gasteiger partial charge in [-0.1, -0.05) is 60.7 Å². The first kappa shape index (κ1) is 23.0. The lowest BCUT2D eigenvalue weighted by Gasteiger charge is -2.29. The van der Waals surface area contributed by atoms with Gasteiger partial charge < -0.3 is 15.2 Å². The maximum Gasteiger partial charge on any atom is 0.325 e. The van der Waals surface area contributed by atoms with E-state index in [0.717, 1.165) is 9.91 Å². The van der Waals surface area contributed by atoms with Gasteiger partial charge in [0.2, 0.25) is 5.91 Å². The third-order valence-corrected chi connectivity index (χ3v) is 7.21. The lowest BCUT2D eigenvalue weighted by Crippen LogP contribution is -2.51. The largest absolute Gasteiger partial charge is 0.481 e. The number of hydrogen-bond acceptors (Lipinski definition) is 6. The Kier molecular flexibility index (Phi) is 5.78. The van der Waals surface area contributed by atoms with E-state index in [-0.39, 0.29) is 13.1 Å². The lowest BCUT2D eigenvalue weighted by atomic mass is 9.78. The van der Waals surface area contributed by atoms with Gasteiger partial charge in [-0.15, -0.1) is 0 Å². The smallest absolute Gasteiger partial charge is 0.325 e. The van der Waals surface area contributed by atoms with Gasteiger partial charge in [0.05, 0.1) is 30.6 Å². The van der Waals surface area contributed by atoms with E-state index in [1.165, 1.54) is 0 Å². The van der Waals surface area contributed by atoms with Crippen LogP contribution in [0.2, 0.25) is 0 Å². The SMILES string of the molecule is NN(CCN1C(=O)NC(c2ccccc2)(c2ccccc2)C1=O)C(=O)C1C(C(=O)O)[C@H]2CC[C@@H]1O2. The Morgan fingerprint density at radius 3 is 2.09 bits per heavy atom. The van der Waals surface area contributed by atoms with Crippen molar-refractivity contribution in [3.8, 4) is 0 Å². The number of ether oxygens (including phenoxy) is 1. The Labute approximate surface area is 201 Å². The highest BCUT2D eigenvalue weighted by atomic mass is 16.5. The third-order valence-electron chi connectivity index (χ3n) is 7.21. The van der Waals surface area contributed by atoms with Crippen molar-refractivity contribution in [2.45, 2.75) is 30.6 Å². The third kappa shape index (κ3) is 3.65. The summed E-state index contributed by atoms with van der Waals surface area (Å²) in [7, 11) is 0. The Balaban J connectivity index is 1.35. The van der Waals surface area contributed by atoms with Gasteiger partial charge in [0.25, 0.3) is 5.91 Å². The number of fused-ring (bicyclic) bond motifs is 2. The van der Waals surface area contributed by atoms with E-state index in [1.54, 1.807) is 48.5 Å². The molecule has 2 aromatic rings. The molecule has 2 bridgehead atoms. The fourth-order valence-electron chi connectivity index (χ4n) is 5.53. The number of carboxylic acids is 1. The summed E-state index contributed by atoms with van der Waals surface area (Å²) in [5.74, 6) is 2.05. The fraction of sp³-hybridized carbons (Fsp3) is 0.360. The second-order valence-corrected chi connectivity index (χ2v) is 9.08. The van der Waals surface area contributed by atoms with Gasteiger partial charge in [0.1, 0.15) is 0 Å². The van der Waals surface area contributed by atoms with Gasteiger partial charge in [-0.05, 0) is 24.0 Å². The molecule has 0 aliphatic carbocycles. The van der Waals surface area contributed by atoms with Crippen LogP contribution in [0.4, 0.5) is 4.79 Å². The van der Waals surface area contributed by atoms with Crippen LogP contribution < -0.4 is 11.2 Å². The molecule has 3 aliphatic rings. The number of hydrogen-bond donors (Lipinski definition) is 3. The Morgan fingerprint density at radius 1 is 1.00 bits per heavy atom. The molecule has 4 amide bonds. The van der Waals surface area contributed by atoms with Crippen LogP contribution in [-0.4, -0.2) is 64.1 Å². The molecule has 182 valence electrons. The van der Waals surface area contributed by atoms with E-state index < -0.39 is 53.4 Å². The lowest BCUT2D eigenvalue weighted by molar-refractivity contribution is -0.151. The summed E-state index contributed by atoms with van der Waals surface area (Å²) < 4.78 is 5.65. The summed E-state index contributed by atoms with van der Waals surface area (Å²) >= 11 is 0. The Bertz CT molecular complexity index is 1120. The molecule has 0 radical (unpaired) electrons. The molecule has 2 aromatic carbocycles. The molecule has 4 N–H and O–H groups in total. The van der Waals surface area contributed by atoms with E-state index in [1.807, 2.05) is 12.1 Å². The fourth-order valence-corrected chi connectivity index (χ4v) is 5.53. The highest BCUT2D eigenvalue weighted by Gasteiger charge is 2.57. The maximum absolute atomic E-state index is 13.7. The van der Waals surface area contributed by atoms with Crippen LogP contribution in [-0.2, 0) is 24.7 Å². The van der Waals surface area contributed by atoms with Gasteiger partial charge in [0, 0.05) is 6.54 Å². The second-order valence-electron chi connectivity index (χ2n) is 9.08. The number of carbonyl (C=O) groups excluding carboxylic acids is 3. The number of nitrogens with zero attached hydrogens (tertiary/aromatic N) is 2. The summed E-state index contributed by atoms with van der Waals surface area (Å²) in [5.41, 5.74) is -0.192. The number of amides is 4. The number of hydrazine groups is 1. The monoisotopic (exact) mass is 478 g/mol. The Morgan fingerprint density at radius 2 is 1.54 bits per heavy atom. The predicted molar refractivity (Wildman–Crippen MR) is 122 cm³/mol. The molecule has 0 aromatic heterocycles. The van der Waals surface area contributed by atoms with Crippen molar-refractivity contribution in [2.75, 3.05) is 13.1 Å². The summed E-state index contributed by atoms with van der Waals surface area (Å²) in [6, 6.07) is 17.3. The molecular formula is C25H26N4O6. The highest BCUT2D eigenvalue weighted by Crippen LogP contribution is 2.44. The highest BCUT2D eigenvalue weighted by molar-refractivity contribution is 6.09. The van der Waals surface area contributed by atoms with Crippen molar-refractivity contribution in [3.05, 3.63) is 71.8 Å². The molecule has 3 aliphatic heterocycles. The van der Waals surface area contributed by atoms with Crippen LogP contribution in [0.5, 0.6) is 0 Å². The zero-order valence-corrected chi connectivity index (χ0v) is 18.9. The van der Waals surface area contributed by atoms with Gasteiger partial charge in [-0.2, -0.15) is 0 Å². The van der Waals surface area contributed by atoms with Crippen molar-refractivity contribution in [3.63, 3.8) is 0 Å². The number of benzene rings is 2. The molecule has 10 heteroatoms.